The first kappa shape index (κ1) is 26.5. The van der Waals surface area contributed by atoms with Gasteiger partial charge in [0.25, 0.3) is 5.91 Å². The summed E-state index contributed by atoms with van der Waals surface area (Å²) in [4.78, 5) is 42.5. The summed E-state index contributed by atoms with van der Waals surface area (Å²) in [6.45, 7) is 1.76. The Balaban J connectivity index is 1.68. The van der Waals surface area contributed by atoms with Gasteiger partial charge in [0, 0.05) is 12.1 Å². The van der Waals surface area contributed by atoms with Crippen molar-refractivity contribution in [3.05, 3.63) is 63.6 Å². The third-order valence-electron chi connectivity index (χ3n) is 6.12. The van der Waals surface area contributed by atoms with Crippen LogP contribution in [-0.4, -0.2) is 41.8 Å². The quantitative estimate of drug-likeness (QED) is 0.427. The van der Waals surface area contributed by atoms with Gasteiger partial charge in [0.1, 0.15) is 13.2 Å². The van der Waals surface area contributed by atoms with Gasteiger partial charge in [-0.05, 0) is 56.0 Å². The number of anilines is 1. The van der Waals surface area contributed by atoms with Crippen LogP contribution in [0.5, 0.6) is 0 Å². The molecular formula is C25H27Cl2N3O5. The Bertz CT molecular complexity index is 1120. The van der Waals surface area contributed by atoms with Gasteiger partial charge >= 0.3 is 5.97 Å². The van der Waals surface area contributed by atoms with E-state index in [2.05, 4.69) is 15.8 Å². The fourth-order valence-corrected chi connectivity index (χ4v) is 4.65. The molecule has 2 atom stereocenters. The van der Waals surface area contributed by atoms with Gasteiger partial charge in [0.2, 0.25) is 5.91 Å². The minimum absolute atomic E-state index is 0.0679. The van der Waals surface area contributed by atoms with Crippen LogP contribution in [0.2, 0.25) is 10.0 Å². The molecule has 1 saturated carbocycles. The number of aliphatic carboxylic acids is 1. The van der Waals surface area contributed by atoms with Crippen LogP contribution in [0.3, 0.4) is 0 Å². The number of carbonyl (C=O) groups is 3. The number of hydrogen-bond donors (Lipinski definition) is 3. The van der Waals surface area contributed by atoms with Gasteiger partial charge in [-0.2, -0.15) is 0 Å². The summed E-state index contributed by atoms with van der Waals surface area (Å²) >= 11 is 12.2. The smallest absolute Gasteiger partial charge is 0.326 e. The number of rotatable bonds is 8. The van der Waals surface area contributed by atoms with Gasteiger partial charge in [-0.3, -0.25) is 9.59 Å². The van der Waals surface area contributed by atoms with Gasteiger partial charge in [-0.25, -0.2) is 4.79 Å². The number of halogens is 2. The topological polar surface area (TPSA) is 117 Å². The summed E-state index contributed by atoms with van der Waals surface area (Å²) in [5, 5.41) is 19.6. The lowest BCUT2D eigenvalue weighted by molar-refractivity contribution is -0.143. The molecule has 0 bridgehead atoms. The van der Waals surface area contributed by atoms with Crippen molar-refractivity contribution in [2.45, 2.75) is 45.1 Å². The van der Waals surface area contributed by atoms with Crippen molar-refractivity contribution >= 4 is 52.4 Å². The molecule has 8 nitrogen and oxygen atoms in total. The molecule has 0 aromatic heterocycles. The highest BCUT2D eigenvalue weighted by atomic mass is 35.5. The molecule has 0 saturated heterocycles. The predicted molar refractivity (Wildman–Crippen MR) is 135 cm³/mol. The molecule has 35 heavy (non-hydrogen) atoms. The number of benzene rings is 2. The predicted octanol–water partition coefficient (Wildman–Crippen LogP) is 4.94. The molecule has 2 amide bonds. The first-order valence-electron chi connectivity index (χ1n) is 11.1. The van der Waals surface area contributed by atoms with Crippen LogP contribution in [0, 0.1) is 5.41 Å². The number of oxime groups is 1. The lowest BCUT2D eigenvalue weighted by Crippen LogP contribution is -2.52. The minimum Gasteiger partial charge on any atom is -0.480 e. The zero-order valence-corrected chi connectivity index (χ0v) is 20.9. The zero-order valence-electron chi connectivity index (χ0n) is 19.4. The number of amides is 2. The molecule has 10 heteroatoms. The molecule has 3 rings (SSSR count). The summed E-state index contributed by atoms with van der Waals surface area (Å²) in [7, 11) is 1.43. The van der Waals surface area contributed by atoms with Gasteiger partial charge in [-0.15, -0.1) is 0 Å². The fourth-order valence-electron chi connectivity index (χ4n) is 4.08. The molecule has 3 N–H and O–H groups in total. The summed E-state index contributed by atoms with van der Waals surface area (Å²) in [6, 6.07) is 10.3. The molecule has 186 valence electrons. The lowest BCUT2D eigenvalue weighted by Gasteiger charge is -2.34. The zero-order chi connectivity index (χ0) is 25.6. The largest absolute Gasteiger partial charge is 0.480 e. The molecule has 0 spiro atoms. The van der Waals surface area contributed by atoms with Crippen molar-refractivity contribution in [3.8, 4) is 0 Å². The number of hydrogen-bond acceptors (Lipinski definition) is 5. The van der Waals surface area contributed by atoms with E-state index in [0.717, 1.165) is 12.8 Å². The molecule has 1 unspecified atom stereocenters. The standard InChI is InChI=1S/C25H27Cl2N3O5/c1-25(13-4-3-8-20(25)30-35-2)24(34)29-19(23(32)33)14-15-9-11-16(12-10-15)28-22(31)21-17(26)6-5-7-18(21)27/h5-7,9-12,19H,3-4,8,13-14H2,1-2H3,(H,28,31)(H,29,34)(H,32,33)/t19-,25?/m0/s1. The molecule has 1 aliphatic carbocycles. The molecule has 2 aromatic rings. The minimum atomic E-state index is -1.14. The van der Waals surface area contributed by atoms with E-state index in [9.17, 15) is 19.5 Å². The van der Waals surface area contributed by atoms with Crippen LogP contribution in [0.15, 0.2) is 47.6 Å². The summed E-state index contributed by atoms with van der Waals surface area (Å²) < 4.78 is 0. The Morgan fingerprint density at radius 3 is 2.37 bits per heavy atom. The number of carboxylic acids is 1. The second kappa shape index (κ2) is 11.6. The van der Waals surface area contributed by atoms with E-state index < -0.39 is 23.3 Å². The van der Waals surface area contributed by atoms with Crippen molar-refractivity contribution < 1.29 is 24.3 Å². The monoisotopic (exact) mass is 519 g/mol. The number of carboxylic acid groups (broad SMARTS) is 1. The third-order valence-corrected chi connectivity index (χ3v) is 6.75. The Morgan fingerprint density at radius 2 is 1.77 bits per heavy atom. The van der Waals surface area contributed by atoms with E-state index in [1.54, 1.807) is 49.4 Å². The first-order chi connectivity index (χ1) is 16.7. The Labute approximate surface area is 213 Å². The fraction of sp³-hybridized carbons (Fsp3) is 0.360. The van der Waals surface area contributed by atoms with Crippen LogP contribution in [-0.2, 0) is 20.8 Å². The second-order valence-electron chi connectivity index (χ2n) is 8.58. The maximum Gasteiger partial charge on any atom is 0.326 e. The van der Waals surface area contributed by atoms with E-state index in [1.165, 1.54) is 7.11 Å². The van der Waals surface area contributed by atoms with Gasteiger partial charge in [-0.1, -0.05) is 53.0 Å². The van der Waals surface area contributed by atoms with E-state index in [4.69, 9.17) is 28.0 Å². The third kappa shape index (κ3) is 6.32. The van der Waals surface area contributed by atoms with E-state index >= 15 is 0 Å². The number of carbonyl (C=O) groups excluding carboxylic acids is 2. The molecule has 1 fully saturated rings. The SMILES string of the molecule is CON=C1CCCCC1(C)C(=O)N[C@@H](Cc1ccc(NC(=O)c2c(Cl)cccc2Cl)cc1)C(=O)O. The average molecular weight is 520 g/mol. The highest BCUT2D eigenvalue weighted by Gasteiger charge is 2.42. The highest BCUT2D eigenvalue weighted by Crippen LogP contribution is 2.34. The van der Waals surface area contributed by atoms with E-state index in [-0.39, 0.29) is 27.9 Å². The maximum atomic E-state index is 13.1. The lowest BCUT2D eigenvalue weighted by atomic mass is 9.73. The molecule has 0 radical (unpaired) electrons. The van der Waals surface area contributed by atoms with Crippen molar-refractivity contribution in [2.24, 2.45) is 10.6 Å². The van der Waals surface area contributed by atoms with Crippen LogP contribution < -0.4 is 10.6 Å². The molecule has 2 aromatic carbocycles. The molecule has 0 heterocycles. The van der Waals surface area contributed by atoms with Gasteiger partial charge in [0.15, 0.2) is 0 Å². The van der Waals surface area contributed by atoms with Crippen molar-refractivity contribution in [2.75, 3.05) is 12.4 Å². The normalized spacial score (nSPS) is 19.6. The van der Waals surface area contributed by atoms with Gasteiger partial charge < -0.3 is 20.6 Å². The number of nitrogens with zero attached hydrogens (tertiary/aromatic N) is 1. The van der Waals surface area contributed by atoms with Crippen LogP contribution in [0.25, 0.3) is 0 Å². The molecular weight excluding hydrogens is 493 g/mol. The van der Waals surface area contributed by atoms with Crippen molar-refractivity contribution in [1.82, 2.24) is 5.32 Å². The Hall–Kier alpha value is -3.10. The number of nitrogens with one attached hydrogen (secondary N) is 2. The molecule has 1 aliphatic rings. The molecule has 0 aliphatic heterocycles. The summed E-state index contributed by atoms with van der Waals surface area (Å²) in [5.74, 6) is -1.99. The highest BCUT2D eigenvalue weighted by molar-refractivity contribution is 6.40. The van der Waals surface area contributed by atoms with Crippen molar-refractivity contribution in [1.29, 1.82) is 0 Å². The van der Waals surface area contributed by atoms with Crippen LogP contribution in [0.1, 0.15) is 48.5 Å². The van der Waals surface area contributed by atoms with E-state index in [0.29, 0.717) is 29.8 Å². The summed E-state index contributed by atoms with van der Waals surface area (Å²) in [5.41, 5.74) is 1.02. The first-order valence-corrected chi connectivity index (χ1v) is 11.9. The van der Waals surface area contributed by atoms with E-state index in [1.807, 2.05) is 0 Å². The Kier molecular flexibility index (Phi) is 8.75. The summed E-state index contributed by atoms with van der Waals surface area (Å²) in [6.07, 6.45) is 3.01. The van der Waals surface area contributed by atoms with Crippen LogP contribution in [0.4, 0.5) is 5.69 Å². The van der Waals surface area contributed by atoms with Crippen molar-refractivity contribution in [3.63, 3.8) is 0 Å². The maximum absolute atomic E-state index is 13.1. The van der Waals surface area contributed by atoms with Gasteiger partial charge in [0.05, 0.1) is 26.7 Å². The Morgan fingerprint density at radius 1 is 1.11 bits per heavy atom. The second-order valence-corrected chi connectivity index (χ2v) is 9.39. The van der Waals surface area contributed by atoms with Crippen LogP contribution >= 0.6 is 23.2 Å². The average Bonchev–Trinajstić information content (AvgIpc) is 2.81.